The number of hydrogen-bond donors (Lipinski definition) is 2. The Morgan fingerprint density at radius 1 is 1.47 bits per heavy atom. The third-order valence-electron chi connectivity index (χ3n) is 1.87. The summed E-state index contributed by atoms with van der Waals surface area (Å²) in [6.45, 7) is 2.65. The maximum atomic E-state index is 11.3. The van der Waals surface area contributed by atoms with Crippen molar-refractivity contribution >= 4 is 11.7 Å². The first-order valence-electron chi connectivity index (χ1n) is 4.88. The van der Waals surface area contributed by atoms with Gasteiger partial charge in [0.2, 0.25) is 0 Å². The van der Waals surface area contributed by atoms with Gasteiger partial charge in [-0.1, -0.05) is 25.0 Å². The van der Waals surface area contributed by atoms with E-state index >= 15 is 0 Å². The quantitative estimate of drug-likeness (QED) is 0.725. The van der Waals surface area contributed by atoms with Gasteiger partial charge in [0.05, 0.1) is 5.69 Å². The van der Waals surface area contributed by atoms with Crippen LogP contribution in [-0.4, -0.2) is 12.6 Å². The van der Waals surface area contributed by atoms with Gasteiger partial charge in [-0.2, -0.15) is 0 Å². The van der Waals surface area contributed by atoms with Gasteiger partial charge in [0.1, 0.15) is 0 Å². The van der Waals surface area contributed by atoms with Crippen molar-refractivity contribution in [1.29, 1.82) is 0 Å². The van der Waals surface area contributed by atoms with Gasteiger partial charge in [0.15, 0.2) is 0 Å². The van der Waals surface area contributed by atoms with Crippen LogP contribution >= 0.6 is 0 Å². The standard InChI is InChI=1S/C12H14N2O/c1-3-9-13-12(15)14-11-8-6-5-7-10(11)4-2/h2,5-8H,3,9H2,1H3,(H2,13,14,15). The van der Waals surface area contributed by atoms with Crippen LogP contribution in [0.15, 0.2) is 24.3 Å². The van der Waals surface area contributed by atoms with Crippen LogP contribution in [0, 0.1) is 12.3 Å². The van der Waals surface area contributed by atoms with E-state index in [1.807, 2.05) is 19.1 Å². The summed E-state index contributed by atoms with van der Waals surface area (Å²) < 4.78 is 0. The average molecular weight is 202 g/mol. The molecule has 1 rings (SSSR count). The molecule has 0 fully saturated rings. The first-order valence-corrected chi connectivity index (χ1v) is 4.88. The fourth-order valence-corrected chi connectivity index (χ4v) is 1.12. The molecule has 0 aliphatic rings. The number of carbonyl (C=O) groups is 1. The number of terminal acetylenes is 1. The zero-order valence-electron chi connectivity index (χ0n) is 8.71. The van der Waals surface area contributed by atoms with Crippen LogP contribution < -0.4 is 10.6 Å². The Kier molecular flexibility index (Phi) is 4.24. The van der Waals surface area contributed by atoms with Crippen molar-refractivity contribution in [2.45, 2.75) is 13.3 Å². The molecule has 0 aromatic heterocycles. The van der Waals surface area contributed by atoms with E-state index in [2.05, 4.69) is 16.6 Å². The minimum atomic E-state index is -0.223. The van der Waals surface area contributed by atoms with Crippen molar-refractivity contribution < 1.29 is 4.79 Å². The highest BCUT2D eigenvalue weighted by Crippen LogP contribution is 2.12. The molecule has 0 saturated carbocycles. The minimum Gasteiger partial charge on any atom is -0.338 e. The molecule has 0 bridgehead atoms. The monoisotopic (exact) mass is 202 g/mol. The molecule has 0 aliphatic heterocycles. The van der Waals surface area contributed by atoms with Crippen molar-refractivity contribution in [2.75, 3.05) is 11.9 Å². The van der Waals surface area contributed by atoms with E-state index in [-0.39, 0.29) is 6.03 Å². The van der Waals surface area contributed by atoms with Gasteiger partial charge in [-0.25, -0.2) is 4.79 Å². The third-order valence-corrected chi connectivity index (χ3v) is 1.87. The Morgan fingerprint density at radius 3 is 2.87 bits per heavy atom. The lowest BCUT2D eigenvalue weighted by molar-refractivity contribution is 0.252. The SMILES string of the molecule is C#Cc1ccccc1NC(=O)NCCC. The van der Waals surface area contributed by atoms with Crippen molar-refractivity contribution in [3.05, 3.63) is 29.8 Å². The summed E-state index contributed by atoms with van der Waals surface area (Å²) in [5, 5.41) is 5.42. The Hall–Kier alpha value is -1.95. The van der Waals surface area contributed by atoms with Crippen LogP contribution in [0.25, 0.3) is 0 Å². The summed E-state index contributed by atoms with van der Waals surface area (Å²) in [5.74, 6) is 2.51. The Balaban J connectivity index is 2.64. The number of hydrogen-bond acceptors (Lipinski definition) is 1. The number of para-hydroxylation sites is 1. The highest BCUT2D eigenvalue weighted by atomic mass is 16.2. The molecule has 15 heavy (non-hydrogen) atoms. The molecular formula is C12H14N2O. The number of urea groups is 1. The van der Waals surface area contributed by atoms with Crippen molar-refractivity contribution in [1.82, 2.24) is 5.32 Å². The van der Waals surface area contributed by atoms with Crippen molar-refractivity contribution in [2.24, 2.45) is 0 Å². The van der Waals surface area contributed by atoms with Crippen LogP contribution in [-0.2, 0) is 0 Å². The summed E-state index contributed by atoms with van der Waals surface area (Å²) in [4.78, 5) is 11.3. The summed E-state index contributed by atoms with van der Waals surface area (Å²) in [7, 11) is 0. The third kappa shape index (κ3) is 3.35. The van der Waals surface area contributed by atoms with Gasteiger partial charge in [-0.05, 0) is 18.6 Å². The fourth-order valence-electron chi connectivity index (χ4n) is 1.12. The zero-order chi connectivity index (χ0) is 11.1. The summed E-state index contributed by atoms with van der Waals surface area (Å²) in [5.41, 5.74) is 1.35. The van der Waals surface area contributed by atoms with Crippen LogP contribution in [0.1, 0.15) is 18.9 Å². The normalized spacial score (nSPS) is 9.07. The van der Waals surface area contributed by atoms with Gasteiger partial charge in [0, 0.05) is 12.1 Å². The molecule has 0 radical (unpaired) electrons. The first kappa shape index (κ1) is 11.1. The van der Waals surface area contributed by atoms with Crippen LogP contribution in [0.3, 0.4) is 0 Å². The number of anilines is 1. The molecule has 0 aliphatic carbocycles. The first-order chi connectivity index (χ1) is 7.27. The number of amides is 2. The van der Waals surface area contributed by atoms with Crippen molar-refractivity contribution in [3.8, 4) is 12.3 Å². The van der Waals surface area contributed by atoms with E-state index < -0.39 is 0 Å². The fraction of sp³-hybridized carbons (Fsp3) is 0.250. The molecule has 0 saturated heterocycles. The largest absolute Gasteiger partial charge is 0.338 e. The minimum absolute atomic E-state index is 0.223. The second-order valence-corrected chi connectivity index (χ2v) is 3.07. The molecule has 1 aromatic carbocycles. The van der Waals surface area contributed by atoms with E-state index in [1.165, 1.54) is 0 Å². The van der Waals surface area contributed by atoms with E-state index in [9.17, 15) is 4.79 Å². The number of rotatable bonds is 3. The van der Waals surface area contributed by atoms with Crippen LogP contribution in [0.2, 0.25) is 0 Å². The van der Waals surface area contributed by atoms with Gasteiger partial charge in [0.25, 0.3) is 0 Å². The molecule has 3 nitrogen and oxygen atoms in total. The number of carbonyl (C=O) groups excluding carboxylic acids is 1. The summed E-state index contributed by atoms with van der Waals surface area (Å²) in [6.07, 6.45) is 6.21. The van der Waals surface area contributed by atoms with Gasteiger partial charge in [-0.15, -0.1) is 6.42 Å². The van der Waals surface area contributed by atoms with E-state index in [0.29, 0.717) is 17.8 Å². The molecule has 3 heteroatoms. The van der Waals surface area contributed by atoms with Crippen LogP contribution in [0.4, 0.5) is 10.5 Å². The summed E-state index contributed by atoms with van der Waals surface area (Å²) >= 11 is 0. The molecule has 2 amide bonds. The smallest absolute Gasteiger partial charge is 0.319 e. The molecule has 0 atom stereocenters. The second-order valence-electron chi connectivity index (χ2n) is 3.07. The predicted octanol–water partition coefficient (Wildman–Crippen LogP) is 2.20. The molecule has 0 spiro atoms. The number of nitrogens with one attached hydrogen (secondary N) is 2. The van der Waals surface area contributed by atoms with E-state index in [4.69, 9.17) is 6.42 Å². The topological polar surface area (TPSA) is 41.1 Å². The van der Waals surface area contributed by atoms with Gasteiger partial charge in [-0.3, -0.25) is 0 Å². The molecule has 0 heterocycles. The molecule has 2 N–H and O–H groups in total. The maximum Gasteiger partial charge on any atom is 0.319 e. The Labute approximate surface area is 89.9 Å². The van der Waals surface area contributed by atoms with Crippen LogP contribution in [0.5, 0.6) is 0 Å². The second kappa shape index (κ2) is 5.71. The lowest BCUT2D eigenvalue weighted by Crippen LogP contribution is -2.29. The van der Waals surface area contributed by atoms with Gasteiger partial charge < -0.3 is 10.6 Å². The highest BCUT2D eigenvalue weighted by Gasteiger charge is 2.02. The zero-order valence-corrected chi connectivity index (χ0v) is 8.71. The lowest BCUT2D eigenvalue weighted by atomic mass is 10.2. The van der Waals surface area contributed by atoms with Crippen molar-refractivity contribution in [3.63, 3.8) is 0 Å². The van der Waals surface area contributed by atoms with E-state index in [0.717, 1.165) is 6.42 Å². The molecule has 0 unspecified atom stereocenters. The predicted molar refractivity (Wildman–Crippen MR) is 61.7 cm³/mol. The molecule has 1 aromatic rings. The summed E-state index contributed by atoms with van der Waals surface area (Å²) in [6, 6.07) is 7.01. The lowest BCUT2D eigenvalue weighted by Gasteiger charge is -2.07. The molecule has 78 valence electrons. The maximum absolute atomic E-state index is 11.3. The van der Waals surface area contributed by atoms with E-state index in [1.54, 1.807) is 12.1 Å². The van der Waals surface area contributed by atoms with Gasteiger partial charge >= 0.3 is 6.03 Å². The highest BCUT2D eigenvalue weighted by molar-refractivity contribution is 5.90. The Bertz CT molecular complexity index is 379. The molecular weight excluding hydrogens is 188 g/mol. The average Bonchev–Trinajstić information content (AvgIpc) is 2.27. The number of benzene rings is 1. The Morgan fingerprint density at radius 2 is 2.20 bits per heavy atom.